The van der Waals surface area contributed by atoms with E-state index in [1.165, 1.54) is 4.90 Å². The molecule has 2 heterocycles. The van der Waals surface area contributed by atoms with E-state index in [2.05, 4.69) is 27.4 Å². The van der Waals surface area contributed by atoms with Crippen LogP contribution in [0.4, 0.5) is 0 Å². The molecular formula is C20H24BrClN2O3S2. The highest BCUT2D eigenvalue weighted by Crippen LogP contribution is 2.40. The second-order valence-corrected chi connectivity index (χ2v) is 9.50. The number of phenolic OH excluding ortho intramolecular Hbond substituents is 1. The number of quaternary nitrogens is 1. The lowest BCUT2D eigenvalue weighted by atomic mass is 10.0. The minimum atomic E-state index is -0.342. The standard InChI is InChI=1S/C20H23BrN2O3S2.ClH/c1-5-26-20(25)18-16(11-28-12-6-7-27-10-12)23(4)15-8-14(21)19(24)13(17(15)18)9-22(2)3;/h6-8,10,24H,5,9,11H2,1-4H3;1H. The van der Waals surface area contributed by atoms with Gasteiger partial charge in [0.05, 0.1) is 41.8 Å². The molecule has 0 spiro atoms. The molecule has 3 aromatic rings. The van der Waals surface area contributed by atoms with Gasteiger partial charge >= 0.3 is 5.97 Å². The second kappa shape index (κ2) is 10.2. The summed E-state index contributed by atoms with van der Waals surface area (Å²) >= 11 is 6.82. The third-order valence-electron chi connectivity index (χ3n) is 4.52. The summed E-state index contributed by atoms with van der Waals surface area (Å²) in [5, 5.41) is 15.7. The number of nitrogens with zero attached hydrogens (tertiary/aromatic N) is 1. The quantitative estimate of drug-likeness (QED) is 0.359. The normalized spacial score (nSPS) is 11.1. The predicted molar refractivity (Wildman–Crippen MR) is 119 cm³/mol. The van der Waals surface area contributed by atoms with Crippen LogP contribution in [-0.2, 0) is 24.1 Å². The first-order valence-corrected chi connectivity index (χ1v) is 11.7. The van der Waals surface area contributed by atoms with Gasteiger partial charge in [-0.05, 0) is 40.4 Å². The predicted octanol–water partition coefficient (Wildman–Crippen LogP) is 0.825. The molecular weight excluding hydrogens is 496 g/mol. The molecule has 3 rings (SSSR count). The zero-order chi connectivity index (χ0) is 20.4. The first-order chi connectivity index (χ1) is 13.3. The van der Waals surface area contributed by atoms with Gasteiger partial charge in [-0.3, -0.25) is 0 Å². The van der Waals surface area contributed by atoms with E-state index in [0.29, 0.717) is 28.9 Å². The minimum Gasteiger partial charge on any atom is -1.00 e. The maximum atomic E-state index is 12.9. The number of aromatic hydroxyl groups is 1. The number of nitrogens with one attached hydrogen (secondary N) is 1. The SMILES string of the molecule is CCOC(=O)c1c(CSc2ccsc2)n(C)c2cc(Br)c(O)c(C[NH+](C)C)c12.[Cl-]. The number of ether oxygens (including phenoxy) is 1. The van der Waals surface area contributed by atoms with Crippen LogP contribution >= 0.6 is 39.0 Å². The Labute approximate surface area is 193 Å². The molecule has 0 unspecified atom stereocenters. The number of aryl methyl sites for hydroxylation is 1. The summed E-state index contributed by atoms with van der Waals surface area (Å²) in [6.07, 6.45) is 0. The van der Waals surface area contributed by atoms with Crippen molar-refractivity contribution in [3.8, 4) is 5.75 Å². The molecule has 0 saturated heterocycles. The van der Waals surface area contributed by atoms with Crippen molar-refractivity contribution in [2.24, 2.45) is 7.05 Å². The molecule has 0 fully saturated rings. The molecule has 0 atom stereocenters. The summed E-state index contributed by atoms with van der Waals surface area (Å²) in [6, 6.07) is 3.95. The van der Waals surface area contributed by atoms with Crippen LogP contribution in [0.25, 0.3) is 10.9 Å². The number of aromatic nitrogens is 1. The van der Waals surface area contributed by atoms with Crippen LogP contribution in [0.2, 0.25) is 0 Å². The largest absolute Gasteiger partial charge is 1.00 e. The molecule has 29 heavy (non-hydrogen) atoms. The molecule has 5 nitrogen and oxygen atoms in total. The molecule has 2 aromatic heterocycles. The summed E-state index contributed by atoms with van der Waals surface area (Å²) in [7, 11) is 6.00. The van der Waals surface area contributed by atoms with E-state index < -0.39 is 0 Å². The van der Waals surface area contributed by atoms with Crippen molar-refractivity contribution in [2.75, 3.05) is 20.7 Å². The molecule has 2 N–H and O–H groups in total. The monoisotopic (exact) mass is 518 g/mol. The summed E-state index contributed by atoms with van der Waals surface area (Å²) < 4.78 is 8.07. The fourth-order valence-electron chi connectivity index (χ4n) is 3.28. The Balaban J connectivity index is 0.00000300. The molecule has 0 bridgehead atoms. The molecule has 0 radical (unpaired) electrons. The molecule has 158 valence electrons. The maximum Gasteiger partial charge on any atom is 0.340 e. The smallest absolute Gasteiger partial charge is 0.340 e. The molecule has 0 aliphatic carbocycles. The minimum absolute atomic E-state index is 0. The number of carbonyl (C=O) groups is 1. The third kappa shape index (κ3) is 4.94. The number of fused-ring (bicyclic) bond motifs is 1. The molecule has 1 aromatic carbocycles. The van der Waals surface area contributed by atoms with Gasteiger partial charge in [-0.15, -0.1) is 11.8 Å². The Morgan fingerprint density at radius 3 is 2.72 bits per heavy atom. The van der Waals surface area contributed by atoms with E-state index in [4.69, 9.17) is 4.74 Å². The molecule has 0 aliphatic rings. The van der Waals surface area contributed by atoms with Crippen LogP contribution < -0.4 is 17.3 Å². The van der Waals surface area contributed by atoms with Gasteiger partial charge in [0.1, 0.15) is 12.3 Å². The van der Waals surface area contributed by atoms with Crippen LogP contribution in [0.15, 0.2) is 32.3 Å². The van der Waals surface area contributed by atoms with E-state index >= 15 is 0 Å². The number of phenols is 1. The van der Waals surface area contributed by atoms with E-state index in [-0.39, 0.29) is 24.1 Å². The number of thioether (sulfide) groups is 1. The lowest BCUT2D eigenvalue weighted by Crippen LogP contribution is -3.04. The van der Waals surface area contributed by atoms with Crippen LogP contribution in [-0.4, -0.2) is 36.3 Å². The van der Waals surface area contributed by atoms with Gasteiger partial charge < -0.3 is 31.7 Å². The zero-order valence-electron chi connectivity index (χ0n) is 16.7. The van der Waals surface area contributed by atoms with Crippen LogP contribution in [0.5, 0.6) is 5.75 Å². The number of thiophene rings is 1. The average Bonchev–Trinajstić information content (AvgIpc) is 3.24. The number of hydrogen-bond acceptors (Lipinski definition) is 5. The van der Waals surface area contributed by atoms with E-state index in [1.807, 2.05) is 44.1 Å². The third-order valence-corrected chi connectivity index (χ3v) is 6.96. The van der Waals surface area contributed by atoms with Gasteiger partial charge in [0.15, 0.2) is 0 Å². The lowest BCUT2D eigenvalue weighted by Gasteiger charge is -2.13. The van der Waals surface area contributed by atoms with Crippen LogP contribution in [0.1, 0.15) is 28.5 Å². The molecule has 0 saturated carbocycles. The van der Waals surface area contributed by atoms with Gasteiger partial charge in [0, 0.05) is 34.2 Å². The van der Waals surface area contributed by atoms with Crippen molar-refractivity contribution in [3.05, 3.63) is 44.2 Å². The Morgan fingerprint density at radius 1 is 1.41 bits per heavy atom. The lowest BCUT2D eigenvalue weighted by molar-refractivity contribution is -0.872. The van der Waals surface area contributed by atoms with Crippen molar-refractivity contribution >= 4 is 55.9 Å². The highest BCUT2D eigenvalue weighted by atomic mass is 79.9. The number of carbonyl (C=O) groups excluding carboxylic acids is 1. The number of esters is 1. The Morgan fingerprint density at radius 2 is 2.14 bits per heavy atom. The average molecular weight is 520 g/mol. The zero-order valence-corrected chi connectivity index (χ0v) is 20.7. The topological polar surface area (TPSA) is 55.9 Å². The van der Waals surface area contributed by atoms with Crippen molar-refractivity contribution in [3.63, 3.8) is 0 Å². The van der Waals surface area contributed by atoms with Crippen molar-refractivity contribution in [1.82, 2.24) is 4.57 Å². The number of rotatable bonds is 7. The van der Waals surface area contributed by atoms with Crippen LogP contribution in [0.3, 0.4) is 0 Å². The summed E-state index contributed by atoms with van der Waals surface area (Å²) in [5.74, 6) is 0.482. The van der Waals surface area contributed by atoms with Gasteiger partial charge in [-0.1, -0.05) is 0 Å². The molecule has 0 amide bonds. The summed E-state index contributed by atoms with van der Waals surface area (Å²) in [4.78, 5) is 15.3. The van der Waals surface area contributed by atoms with E-state index in [9.17, 15) is 9.90 Å². The van der Waals surface area contributed by atoms with Crippen molar-refractivity contribution in [1.29, 1.82) is 0 Å². The first kappa shape index (κ1) is 24.1. The fraction of sp³-hybridized carbons (Fsp3) is 0.350. The number of benzene rings is 1. The van der Waals surface area contributed by atoms with E-state index in [1.54, 1.807) is 23.1 Å². The molecule has 9 heteroatoms. The van der Waals surface area contributed by atoms with E-state index in [0.717, 1.165) is 27.1 Å². The van der Waals surface area contributed by atoms with Gasteiger partial charge in [0.25, 0.3) is 0 Å². The summed E-state index contributed by atoms with van der Waals surface area (Å²) in [5.41, 5.74) is 3.12. The Kier molecular flexibility index (Phi) is 8.48. The molecule has 0 aliphatic heterocycles. The summed E-state index contributed by atoms with van der Waals surface area (Å²) in [6.45, 7) is 2.71. The number of halogens is 2. The van der Waals surface area contributed by atoms with Crippen molar-refractivity contribution < 1.29 is 31.9 Å². The van der Waals surface area contributed by atoms with Crippen molar-refractivity contribution in [2.45, 2.75) is 24.1 Å². The van der Waals surface area contributed by atoms with Gasteiger partial charge in [-0.2, -0.15) is 11.3 Å². The fourth-order valence-corrected chi connectivity index (χ4v) is 5.59. The highest BCUT2D eigenvalue weighted by Gasteiger charge is 2.28. The Hall–Kier alpha value is -1.19. The first-order valence-electron chi connectivity index (χ1n) is 8.97. The van der Waals surface area contributed by atoms with Gasteiger partial charge in [0.2, 0.25) is 0 Å². The number of hydrogen-bond donors (Lipinski definition) is 2. The maximum absolute atomic E-state index is 12.9. The highest BCUT2D eigenvalue weighted by molar-refractivity contribution is 9.10. The van der Waals surface area contributed by atoms with Crippen LogP contribution in [0, 0.1) is 0 Å². The Bertz CT molecular complexity index is 1000. The van der Waals surface area contributed by atoms with Gasteiger partial charge in [-0.25, -0.2) is 4.79 Å². The second-order valence-electron chi connectivity index (χ2n) is 6.81.